The molecule has 0 N–H and O–H groups in total. The Morgan fingerprint density at radius 2 is 1.32 bits per heavy atom. The van der Waals surface area contributed by atoms with Gasteiger partial charge in [0.05, 0.1) is 26.6 Å². The molecule has 0 bridgehead atoms. The van der Waals surface area contributed by atoms with Crippen molar-refractivity contribution in [3.63, 3.8) is 0 Å². The zero-order valence-corrected chi connectivity index (χ0v) is 24.0. The fourth-order valence-electron chi connectivity index (χ4n) is 4.22. The Bertz CT molecular complexity index is 657. The molecule has 0 radical (unpaired) electrons. The average molecular weight is 497 g/mol. The summed E-state index contributed by atoms with van der Waals surface area (Å²) in [5, 5.41) is 10.4. The maximum atomic E-state index is 10.4. The Morgan fingerprint density at radius 1 is 0.853 bits per heavy atom. The van der Waals surface area contributed by atoms with Crippen LogP contribution in [-0.4, -0.2) is 50.1 Å². The van der Waals surface area contributed by atoms with E-state index in [1.807, 2.05) is 21.0 Å². The minimum atomic E-state index is -1.09. The topological polar surface area (TPSA) is 43.4 Å². The van der Waals surface area contributed by atoms with E-state index in [2.05, 4.69) is 51.4 Å². The van der Waals surface area contributed by atoms with Crippen molar-refractivity contribution in [2.45, 2.75) is 97.9 Å². The second-order valence-corrected chi connectivity index (χ2v) is 10.1. The molecule has 4 nitrogen and oxygen atoms in total. The van der Waals surface area contributed by atoms with E-state index < -0.39 is 5.97 Å². The quantitative estimate of drug-likeness (QED) is 0.147. The number of nitrogens with zero attached hydrogens (tertiary/aromatic N) is 2. The van der Waals surface area contributed by atoms with E-state index >= 15 is 0 Å². The first-order chi connectivity index (χ1) is 15.6. The molecule has 0 fully saturated rings. The maximum absolute atomic E-state index is 10.4. The van der Waals surface area contributed by atoms with Gasteiger partial charge >= 0.3 is 0 Å². The summed E-state index contributed by atoms with van der Waals surface area (Å²) in [7, 11) is 8.37. The summed E-state index contributed by atoms with van der Waals surface area (Å²) >= 11 is 0. The van der Waals surface area contributed by atoms with Crippen molar-refractivity contribution >= 4 is 18.4 Å². The number of hydrogen-bond acceptors (Lipinski definition) is 3. The monoisotopic (exact) mass is 496 g/mol. The highest BCUT2D eigenvalue weighted by Crippen LogP contribution is 2.14. The summed E-state index contributed by atoms with van der Waals surface area (Å²) in [4.78, 5) is 12.2. The number of hydrogen-bond donors (Lipinski definition) is 0. The van der Waals surface area contributed by atoms with Crippen LogP contribution in [-0.2, 0) is 11.3 Å². The second kappa shape index (κ2) is 20.8. The predicted molar refractivity (Wildman–Crippen MR) is 148 cm³/mol. The molecule has 198 valence electrons. The zero-order valence-electron chi connectivity index (χ0n) is 23.2. The molecular formula is C29H53ClN2O2. The Hall–Kier alpha value is -1.52. The number of unbranched alkanes of at least 4 members (excludes halogenated alkanes) is 9. The Kier molecular flexibility index (Phi) is 21.2. The van der Waals surface area contributed by atoms with Crippen LogP contribution in [0.4, 0.5) is 0 Å². The molecule has 0 aliphatic carbocycles. The Morgan fingerprint density at radius 3 is 1.71 bits per heavy atom. The normalized spacial score (nSPS) is 11.6. The maximum Gasteiger partial charge on any atom is 0.104 e. The van der Waals surface area contributed by atoms with Crippen LogP contribution in [0.5, 0.6) is 0 Å². The van der Waals surface area contributed by atoms with Gasteiger partial charge in [0.1, 0.15) is 6.54 Å². The minimum absolute atomic E-state index is 0. The molecule has 1 aromatic carbocycles. The largest absolute Gasteiger partial charge is 0.545 e. The van der Waals surface area contributed by atoms with Gasteiger partial charge in [0.2, 0.25) is 0 Å². The smallest absolute Gasteiger partial charge is 0.104 e. The van der Waals surface area contributed by atoms with Crippen molar-refractivity contribution in [1.29, 1.82) is 0 Å². The number of rotatable bonds is 16. The van der Waals surface area contributed by atoms with Crippen molar-refractivity contribution in [3.05, 3.63) is 47.2 Å². The van der Waals surface area contributed by atoms with E-state index in [9.17, 15) is 9.90 Å². The van der Waals surface area contributed by atoms with Gasteiger partial charge in [-0.3, -0.25) is 0 Å². The minimum Gasteiger partial charge on any atom is -0.545 e. The third-order valence-corrected chi connectivity index (χ3v) is 6.18. The standard InChI is InChI=1S/C21H38N.C8H15NO2.ClH/c1-4-5-6-7-8-9-10-11-12-16-19-22(2,3)20-21-17-14-13-15-18-21;1-5-7(9(3)4)6(2)8(10)11;/h13-15,17-18H,4-12,16,19-20H2,1-3H3;5H2,1-4H3,(H,10,11);1H/q+1;;/p-1/b;7-6+;. The van der Waals surface area contributed by atoms with E-state index in [0.717, 1.165) is 16.7 Å². The molecule has 0 heterocycles. The highest BCUT2D eigenvalue weighted by molar-refractivity contribution is 5.85. The lowest BCUT2D eigenvalue weighted by atomic mass is 10.1. The van der Waals surface area contributed by atoms with Crippen LogP contribution in [0.15, 0.2) is 41.6 Å². The SMILES string of the molecule is CC/C(=C(/C)C(=O)[O-])N(C)C.CCCCCCCCCCCC[N+](C)(C)Cc1ccccc1.Cl. The van der Waals surface area contributed by atoms with Crippen LogP contribution in [0.3, 0.4) is 0 Å². The van der Waals surface area contributed by atoms with Gasteiger partial charge in [0, 0.05) is 25.4 Å². The van der Waals surface area contributed by atoms with Gasteiger partial charge < -0.3 is 19.3 Å². The summed E-state index contributed by atoms with van der Waals surface area (Å²) < 4.78 is 1.11. The molecule has 0 aliphatic rings. The Labute approximate surface area is 217 Å². The van der Waals surface area contributed by atoms with Gasteiger partial charge in [0.25, 0.3) is 0 Å². The van der Waals surface area contributed by atoms with Crippen molar-refractivity contribution in [3.8, 4) is 0 Å². The number of carboxylic acids is 1. The first-order valence-corrected chi connectivity index (χ1v) is 13.1. The van der Waals surface area contributed by atoms with Gasteiger partial charge in [-0.2, -0.15) is 0 Å². The fourth-order valence-corrected chi connectivity index (χ4v) is 4.22. The molecule has 1 rings (SSSR count). The van der Waals surface area contributed by atoms with Crippen molar-refractivity contribution < 1.29 is 14.4 Å². The van der Waals surface area contributed by atoms with Crippen LogP contribution in [0.1, 0.15) is 97.0 Å². The molecule has 0 aromatic heterocycles. The molecule has 0 saturated heterocycles. The number of carbonyl (C=O) groups excluding carboxylic acids is 1. The number of carboxylic acid groups (broad SMARTS) is 1. The lowest BCUT2D eigenvalue weighted by molar-refractivity contribution is -0.903. The zero-order chi connectivity index (χ0) is 25.1. The van der Waals surface area contributed by atoms with Gasteiger partial charge in [-0.15, -0.1) is 12.4 Å². The molecule has 0 spiro atoms. The summed E-state index contributed by atoms with van der Waals surface area (Å²) in [6.07, 6.45) is 15.0. The van der Waals surface area contributed by atoms with Gasteiger partial charge in [-0.1, -0.05) is 95.5 Å². The van der Waals surface area contributed by atoms with Crippen molar-refractivity contribution in [2.24, 2.45) is 0 Å². The van der Waals surface area contributed by atoms with Gasteiger partial charge in [-0.25, -0.2) is 0 Å². The van der Waals surface area contributed by atoms with Gasteiger partial charge in [0.15, 0.2) is 0 Å². The second-order valence-electron chi connectivity index (χ2n) is 10.1. The van der Waals surface area contributed by atoms with E-state index in [-0.39, 0.29) is 12.4 Å². The first-order valence-electron chi connectivity index (χ1n) is 13.1. The van der Waals surface area contributed by atoms with Crippen LogP contribution in [0.2, 0.25) is 0 Å². The molecular weight excluding hydrogens is 444 g/mol. The van der Waals surface area contributed by atoms with Crippen molar-refractivity contribution in [2.75, 3.05) is 34.7 Å². The highest BCUT2D eigenvalue weighted by atomic mass is 35.5. The molecule has 34 heavy (non-hydrogen) atoms. The number of aliphatic carboxylic acids is 1. The summed E-state index contributed by atoms with van der Waals surface area (Å²) in [6, 6.07) is 10.9. The molecule has 0 unspecified atom stereocenters. The number of carbonyl (C=O) groups is 1. The van der Waals surface area contributed by atoms with E-state index in [0.29, 0.717) is 12.0 Å². The number of quaternary nitrogens is 1. The van der Waals surface area contributed by atoms with Crippen LogP contribution >= 0.6 is 12.4 Å². The Balaban J connectivity index is 0. The number of benzene rings is 1. The summed E-state index contributed by atoms with van der Waals surface area (Å²) in [5.74, 6) is -1.09. The van der Waals surface area contributed by atoms with Crippen LogP contribution < -0.4 is 5.11 Å². The summed E-state index contributed by atoms with van der Waals surface area (Å²) in [5.41, 5.74) is 2.59. The third-order valence-electron chi connectivity index (χ3n) is 6.18. The van der Waals surface area contributed by atoms with Crippen LogP contribution in [0.25, 0.3) is 0 Å². The molecule has 0 aliphatic heterocycles. The van der Waals surface area contributed by atoms with Gasteiger partial charge in [-0.05, 0) is 31.8 Å². The predicted octanol–water partition coefficient (Wildman–Crippen LogP) is 6.59. The van der Waals surface area contributed by atoms with E-state index in [1.165, 1.54) is 76.3 Å². The molecule has 0 amide bonds. The average Bonchev–Trinajstić information content (AvgIpc) is 2.76. The third kappa shape index (κ3) is 17.9. The molecule has 5 heteroatoms. The first kappa shape index (κ1) is 34.6. The molecule has 0 saturated carbocycles. The number of allylic oxidation sites excluding steroid dienone is 1. The van der Waals surface area contributed by atoms with Crippen LogP contribution in [0, 0.1) is 0 Å². The molecule has 1 aromatic rings. The fraction of sp³-hybridized carbons (Fsp3) is 0.690. The lowest BCUT2D eigenvalue weighted by Gasteiger charge is -2.30. The van der Waals surface area contributed by atoms with E-state index in [4.69, 9.17) is 0 Å². The number of halogens is 1. The molecule has 0 atom stereocenters. The van der Waals surface area contributed by atoms with Crippen molar-refractivity contribution in [1.82, 2.24) is 4.90 Å². The summed E-state index contributed by atoms with van der Waals surface area (Å²) in [6.45, 7) is 8.22. The van der Waals surface area contributed by atoms with E-state index in [1.54, 1.807) is 11.8 Å². The highest BCUT2D eigenvalue weighted by Gasteiger charge is 2.14. The lowest BCUT2D eigenvalue weighted by Crippen LogP contribution is -2.39.